The standard InChI is InChI=1S/C14H16N2O3S/c1-10(14(18)19)9-15(2)13(17)12-11(5-8-20-12)16-6-3-4-7-16/h3-8,10H,9H2,1-2H3,(H,18,19). The summed E-state index contributed by atoms with van der Waals surface area (Å²) in [5.41, 5.74) is 0.819. The number of carboxylic acids is 1. The zero-order valence-corrected chi connectivity index (χ0v) is 12.1. The molecule has 5 nitrogen and oxygen atoms in total. The highest BCUT2D eigenvalue weighted by molar-refractivity contribution is 7.12. The third kappa shape index (κ3) is 2.91. The van der Waals surface area contributed by atoms with Crippen molar-refractivity contribution in [2.24, 2.45) is 5.92 Å². The second kappa shape index (κ2) is 5.92. The van der Waals surface area contributed by atoms with Crippen LogP contribution in [-0.4, -0.2) is 40.0 Å². The van der Waals surface area contributed by atoms with Crippen molar-refractivity contribution < 1.29 is 14.7 Å². The van der Waals surface area contributed by atoms with Gasteiger partial charge in [0.15, 0.2) is 0 Å². The van der Waals surface area contributed by atoms with E-state index in [0.29, 0.717) is 4.88 Å². The molecule has 0 radical (unpaired) electrons. The molecule has 0 fully saturated rings. The van der Waals surface area contributed by atoms with Crippen molar-refractivity contribution in [3.05, 3.63) is 40.8 Å². The van der Waals surface area contributed by atoms with Crippen molar-refractivity contribution in [3.8, 4) is 5.69 Å². The molecule has 2 aromatic heterocycles. The van der Waals surface area contributed by atoms with E-state index in [4.69, 9.17) is 5.11 Å². The lowest BCUT2D eigenvalue weighted by molar-refractivity contribution is -0.141. The average Bonchev–Trinajstić information content (AvgIpc) is 3.07. The summed E-state index contributed by atoms with van der Waals surface area (Å²) in [6.07, 6.45) is 3.75. The predicted octanol–water partition coefficient (Wildman–Crippen LogP) is 2.33. The Bertz CT molecular complexity index is 604. The fourth-order valence-corrected chi connectivity index (χ4v) is 2.79. The van der Waals surface area contributed by atoms with Gasteiger partial charge < -0.3 is 14.6 Å². The van der Waals surface area contributed by atoms with Gasteiger partial charge in [-0.1, -0.05) is 6.92 Å². The molecule has 0 aliphatic rings. The maximum absolute atomic E-state index is 12.4. The Balaban J connectivity index is 2.18. The lowest BCUT2D eigenvalue weighted by Crippen LogP contribution is -2.33. The summed E-state index contributed by atoms with van der Waals surface area (Å²) in [7, 11) is 1.63. The summed E-state index contributed by atoms with van der Waals surface area (Å²) < 4.78 is 1.87. The van der Waals surface area contributed by atoms with Crippen LogP contribution >= 0.6 is 11.3 Å². The summed E-state index contributed by atoms with van der Waals surface area (Å²) in [6, 6.07) is 5.66. The lowest BCUT2D eigenvalue weighted by atomic mass is 10.2. The van der Waals surface area contributed by atoms with E-state index in [2.05, 4.69) is 0 Å². The number of amides is 1. The quantitative estimate of drug-likeness (QED) is 0.920. The van der Waals surface area contributed by atoms with Crippen LogP contribution in [0.3, 0.4) is 0 Å². The van der Waals surface area contributed by atoms with Gasteiger partial charge in [-0.05, 0) is 23.6 Å². The number of nitrogens with zero attached hydrogens (tertiary/aromatic N) is 2. The first-order chi connectivity index (χ1) is 9.50. The van der Waals surface area contributed by atoms with Crippen molar-refractivity contribution in [1.29, 1.82) is 0 Å². The van der Waals surface area contributed by atoms with E-state index in [9.17, 15) is 9.59 Å². The van der Waals surface area contributed by atoms with Crippen molar-refractivity contribution in [2.75, 3.05) is 13.6 Å². The minimum absolute atomic E-state index is 0.156. The predicted molar refractivity (Wildman–Crippen MR) is 77.4 cm³/mol. The topological polar surface area (TPSA) is 62.5 Å². The smallest absolute Gasteiger partial charge is 0.308 e. The molecule has 1 amide bonds. The normalized spacial score (nSPS) is 12.1. The third-order valence-electron chi connectivity index (χ3n) is 3.04. The van der Waals surface area contributed by atoms with Crippen molar-refractivity contribution in [1.82, 2.24) is 9.47 Å². The number of hydrogen-bond donors (Lipinski definition) is 1. The molecule has 0 saturated carbocycles. The first kappa shape index (κ1) is 14.3. The Kier molecular flexibility index (Phi) is 4.24. The van der Waals surface area contributed by atoms with Gasteiger partial charge in [0.1, 0.15) is 4.88 Å². The third-order valence-corrected chi connectivity index (χ3v) is 3.93. The largest absolute Gasteiger partial charge is 0.481 e. The van der Waals surface area contributed by atoms with E-state index in [0.717, 1.165) is 5.69 Å². The molecule has 1 N–H and O–H groups in total. The van der Waals surface area contributed by atoms with Crippen LogP contribution in [0.4, 0.5) is 0 Å². The van der Waals surface area contributed by atoms with Crippen LogP contribution in [0, 0.1) is 5.92 Å². The molecule has 0 saturated heterocycles. The monoisotopic (exact) mass is 292 g/mol. The molecule has 0 aromatic carbocycles. The zero-order valence-electron chi connectivity index (χ0n) is 11.3. The summed E-state index contributed by atoms with van der Waals surface area (Å²) in [5, 5.41) is 10.8. The maximum Gasteiger partial charge on any atom is 0.308 e. The van der Waals surface area contributed by atoms with Gasteiger partial charge in [0.2, 0.25) is 0 Å². The van der Waals surface area contributed by atoms with Crippen LogP contribution in [0.15, 0.2) is 36.0 Å². The van der Waals surface area contributed by atoms with Crippen LogP contribution in [0.2, 0.25) is 0 Å². The van der Waals surface area contributed by atoms with Crippen molar-refractivity contribution in [3.63, 3.8) is 0 Å². The number of thiophene rings is 1. The molecule has 0 spiro atoms. The Morgan fingerprint density at radius 3 is 2.65 bits per heavy atom. The van der Waals surface area contributed by atoms with Crippen LogP contribution < -0.4 is 0 Å². The van der Waals surface area contributed by atoms with Gasteiger partial charge in [-0.2, -0.15) is 0 Å². The van der Waals surface area contributed by atoms with Gasteiger partial charge >= 0.3 is 5.97 Å². The summed E-state index contributed by atoms with van der Waals surface area (Å²) in [5.74, 6) is -1.64. The molecule has 20 heavy (non-hydrogen) atoms. The SMILES string of the molecule is CC(CN(C)C(=O)c1sccc1-n1cccc1)C(=O)O. The zero-order chi connectivity index (χ0) is 14.7. The van der Waals surface area contributed by atoms with Crippen LogP contribution in [-0.2, 0) is 4.79 Å². The van der Waals surface area contributed by atoms with E-state index in [1.54, 1.807) is 14.0 Å². The first-order valence-corrected chi connectivity index (χ1v) is 7.07. The minimum Gasteiger partial charge on any atom is -0.481 e. The van der Waals surface area contributed by atoms with Gasteiger partial charge in [-0.25, -0.2) is 0 Å². The molecule has 1 unspecified atom stereocenters. The molecule has 1 atom stereocenters. The van der Waals surface area contributed by atoms with Gasteiger partial charge in [-0.15, -0.1) is 11.3 Å². The molecular formula is C14H16N2O3S. The van der Waals surface area contributed by atoms with Crippen molar-refractivity contribution in [2.45, 2.75) is 6.92 Å². The van der Waals surface area contributed by atoms with Gasteiger partial charge in [0, 0.05) is 26.0 Å². The first-order valence-electron chi connectivity index (χ1n) is 6.20. The fourth-order valence-electron chi connectivity index (χ4n) is 1.91. The Hall–Kier alpha value is -2.08. The Morgan fingerprint density at radius 1 is 1.40 bits per heavy atom. The highest BCUT2D eigenvalue weighted by Gasteiger charge is 2.21. The van der Waals surface area contributed by atoms with Crippen LogP contribution in [0.5, 0.6) is 0 Å². The number of carbonyl (C=O) groups excluding carboxylic acids is 1. The second-order valence-corrected chi connectivity index (χ2v) is 5.57. The number of carbonyl (C=O) groups is 2. The van der Waals surface area contributed by atoms with Crippen LogP contribution in [0.25, 0.3) is 5.69 Å². The number of carboxylic acid groups (broad SMARTS) is 1. The maximum atomic E-state index is 12.4. The van der Waals surface area contributed by atoms with E-state index >= 15 is 0 Å². The van der Waals surface area contributed by atoms with E-state index in [1.807, 2.05) is 40.5 Å². The molecular weight excluding hydrogens is 276 g/mol. The Labute approximate surface area is 121 Å². The van der Waals surface area contributed by atoms with Gasteiger partial charge in [0.25, 0.3) is 5.91 Å². The van der Waals surface area contributed by atoms with Crippen molar-refractivity contribution >= 4 is 23.2 Å². The summed E-state index contributed by atoms with van der Waals surface area (Å²) in [4.78, 5) is 25.3. The number of aromatic nitrogens is 1. The average molecular weight is 292 g/mol. The number of aliphatic carboxylic acids is 1. The lowest BCUT2D eigenvalue weighted by Gasteiger charge is -2.19. The molecule has 2 rings (SSSR count). The number of hydrogen-bond acceptors (Lipinski definition) is 3. The minimum atomic E-state index is -0.901. The summed E-state index contributed by atoms with van der Waals surface area (Å²) in [6.45, 7) is 1.78. The van der Waals surface area contributed by atoms with E-state index in [-0.39, 0.29) is 12.5 Å². The van der Waals surface area contributed by atoms with E-state index in [1.165, 1.54) is 16.2 Å². The van der Waals surface area contributed by atoms with Gasteiger partial charge in [-0.3, -0.25) is 9.59 Å². The van der Waals surface area contributed by atoms with Gasteiger partial charge in [0.05, 0.1) is 11.6 Å². The second-order valence-electron chi connectivity index (χ2n) is 4.65. The van der Waals surface area contributed by atoms with E-state index < -0.39 is 11.9 Å². The molecule has 2 heterocycles. The molecule has 0 aliphatic carbocycles. The molecule has 6 heteroatoms. The highest BCUT2D eigenvalue weighted by atomic mass is 32.1. The molecule has 2 aromatic rings. The molecule has 0 bridgehead atoms. The Morgan fingerprint density at radius 2 is 2.05 bits per heavy atom. The highest BCUT2D eigenvalue weighted by Crippen LogP contribution is 2.23. The molecule has 0 aliphatic heterocycles. The molecule has 106 valence electrons. The summed E-state index contributed by atoms with van der Waals surface area (Å²) >= 11 is 1.36. The van der Waals surface area contributed by atoms with Crippen LogP contribution in [0.1, 0.15) is 16.6 Å². The fraction of sp³-hybridized carbons (Fsp3) is 0.286. The number of rotatable bonds is 5.